The van der Waals surface area contributed by atoms with Gasteiger partial charge in [0, 0.05) is 5.69 Å². The van der Waals surface area contributed by atoms with Gasteiger partial charge in [0.2, 0.25) is 15.9 Å². The largest absolute Gasteiger partial charge is 0.324 e. The molecule has 128 valence electrons. The highest BCUT2D eigenvalue weighted by Gasteiger charge is 2.21. The third-order valence-electron chi connectivity index (χ3n) is 2.99. The Bertz CT molecular complexity index is 875. The summed E-state index contributed by atoms with van der Waals surface area (Å²) < 4.78 is 38.0. The molecule has 0 fully saturated rings. The van der Waals surface area contributed by atoms with Gasteiger partial charge in [-0.2, -0.15) is 0 Å². The quantitative estimate of drug-likeness (QED) is 0.848. The Balaban J connectivity index is 2.23. The Kier molecular flexibility index (Phi) is 5.69. The van der Waals surface area contributed by atoms with Crippen LogP contribution in [0.1, 0.15) is 0 Å². The lowest BCUT2D eigenvalue weighted by Crippen LogP contribution is -2.37. The molecule has 0 atom stereocenters. The van der Waals surface area contributed by atoms with Gasteiger partial charge in [-0.3, -0.25) is 9.10 Å². The van der Waals surface area contributed by atoms with Crippen LogP contribution in [0.15, 0.2) is 42.5 Å². The van der Waals surface area contributed by atoms with Gasteiger partial charge in [0.05, 0.1) is 22.0 Å². The molecule has 0 unspecified atom stereocenters. The first kappa shape index (κ1) is 18.5. The fourth-order valence-electron chi connectivity index (χ4n) is 1.94. The second kappa shape index (κ2) is 7.38. The van der Waals surface area contributed by atoms with Crippen molar-refractivity contribution in [2.75, 3.05) is 22.4 Å². The summed E-state index contributed by atoms with van der Waals surface area (Å²) in [5.74, 6) is -1.14. The van der Waals surface area contributed by atoms with Crippen LogP contribution in [0.4, 0.5) is 15.8 Å². The lowest BCUT2D eigenvalue weighted by Gasteiger charge is -2.22. The second-order valence-electron chi connectivity index (χ2n) is 4.93. The molecule has 0 aromatic heterocycles. The molecule has 2 aromatic rings. The maximum absolute atomic E-state index is 13.1. The monoisotopic (exact) mass is 390 g/mol. The van der Waals surface area contributed by atoms with Crippen molar-refractivity contribution in [1.29, 1.82) is 0 Å². The lowest BCUT2D eigenvalue weighted by atomic mass is 10.3. The normalized spacial score (nSPS) is 11.2. The van der Waals surface area contributed by atoms with E-state index < -0.39 is 28.3 Å². The first-order chi connectivity index (χ1) is 11.2. The highest BCUT2D eigenvalue weighted by atomic mass is 35.5. The summed E-state index contributed by atoms with van der Waals surface area (Å²) in [6.07, 6.45) is 0.963. The lowest BCUT2D eigenvalue weighted by molar-refractivity contribution is -0.114. The number of carbonyl (C=O) groups is 1. The van der Waals surface area contributed by atoms with Crippen LogP contribution in [0.3, 0.4) is 0 Å². The highest BCUT2D eigenvalue weighted by molar-refractivity contribution is 7.92. The maximum Gasteiger partial charge on any atom is 0.245 e. The molecule has 5 nitrogen and oxygen atoms in total. The molecule has 0 saturated heterocycles. The average Bonchev–Trinajstić information content (AvgIpc) is 2.47. The highest BCUT2D eigenvalue weighted by Crippen LogP contribution is 2.28. The van der Waals surface area contributed by atoms with Gasteiger partial charge in [-0.25, -0.2) is 12.8 Å². The van der Waals surface area contributed by atoms with E-state index in [2.05, 4.69) is 5.32 Å². The van der Waals surface area contributed by atoms with Gasteiger partial charge in [-0.1, -0.05) is 29.3 Å². The second-order valence-corrected chi connectivity index (χ2v) is 7.65. The molecule has 0 aliphatic heterocycles. The molecule has 0 radical (unpaired) electrons. The molecular weight excluding hydrogens is 378 g/mol. The van der Waals surface area contributed by atoms with Crippen LogP contribution < -0.4 is 9.62 Å². The Labute approximate surface area is 149 Å². The number of nitrogens with zero attached hydrogens (tertiary/aromatic N) is 1. The van der Waals surface area contributed by atoms with E-state index in [-0.39, 0.29) is 21.4 Å². The van der Waals surface area contributed by atoms with E-state index >= 15 is 0 Å². The van der Waals surface area contributed by atoms with Gasteiger partial charge < -0.3 is 5.32 Å². The van der Waals surface area contributed by atoms with Crippen molar-refractivity contribution in [3.8, 4) is 0 Å². The summed E-state index contributed by atoms with van der Waals surface area (Å²) in [5, 5.41) is 2.86. The molecule has 0 aliphatic rings. The molecule has 9 heteroatoms. The van der Waals surface area contributed by atoms with E-state index in [9.17, 15) is 17.6 Å². The van der Waals surface area contributed by atoms with Crippen LogP contribution in [-0.2, 0) is 14.8 Å². The van der Waals surface area contributed by atoms with E-state index in [4.69, 9.17) is 23.2 Å². The predicted molar refractivity (Wildman–Crippen MR) is 93.7 cm³/mol. The number of nitrogens with one attached hydrogen (secondary N) is 1. The van der Waals surface area contributed by atoms with Crippen molar-refractivity contribution in [2.24, 2.45) is 0 Å². The summed E-state index contributed by atoms with van der Waals surface area (Å²) in [4.78, 5) is 12.1. The Morgan fingerprint density at radius 3 is 2.46 bits per heavy atom. The molecule has 0 spiro atoms. The molecule has 2 aromatic carbocycles. The van der Waals surface area contributed by atoms with Crippen molar-refractivity contribution >= 4 is 50.5 Å². The Morgan fingerprint density at radius 1 is 1.17 bits per heavy atom. The standard InChI is InChI=1S/C15H13Cl2FN2O3S/c1-24(22,23)20(12-5-6-13(16)14(17)8-12)9-15(21)19-11-4-2-3-10(18)7-11/h2-8H,9H2,1H3,(H,19,21). The summed E-state index contributed by atoms with van der Waals surface area (Å²) in [6, 6.07) is 9.49. The van der Waals surface area contributed by atoms with Crippen LogP contribution in [0.5, 0.6) is 0 Å². The third-order valence-corrected chi connectivity index (χ3v) is 4.87. The smallest absolute Gasteiger partial charge is 0.245 e. The minimum atomic E-state index is -3.75. The van der Waals surface area contributed by atoms with Gasteiger partial charge in [0.15, 0.2) is 0 Å². The third kappa shape index (κ3) is 4.83. The molecule has 0 heterocycles. The molecule has 0 saturated carbocycles. The van der Waals surface area contributed by atoms with Crippen molar-refractivity contribution in [3.05, 3.63) is 58.3 Å². The van der Waals surface area contributed by atoms with E-state index in [1.165, 1.54) is 36.4 Å². The summed E-state index contributed by atoms with van der Waals surface area (Å²) in [6.45, 7) is -0.493. The molecule has 2 rings (SSSR count). The van der Waals surface area contributed by atoms with E-state index in [1.54, 1.807) is 0 Å². The first-order valence-electron chi connectivity index (χ1n) is 6.65. The van der Waals surface area contributed by atoms with Gasteiger partial charge >= 0.3 is 0 Å². The average molecular weight is 391 g/mol. The Hall–Kier alpha value is -1.83. The predicted octanol–water partition coefficient (Wildman–Crippen LogP) is 3.54. The van der Waals surface area contributed by atoms with Gasteiger partial charge in [0.1, 0.15) is 12.4 Å². The van der Waals surface area contributed by atoms with E-state index in [0.717, 1.165) is 16.6 Å². The first-order valence-corrected chi connectivity index (χ1v) is 9.25. The molecule has 1 N–H and O–H groups in total. The SMILES string of the molecule is CS(=O)(=O)N(CC(=O)Nc1cccc(F)c1)c1ccc(Cl)c(Cl)c1. The number of carbonyl (C=O) groups excluding carboxylic acids is 1. The molecule has 1 amide bonds. The van der Waals surface area contributed by atoms with E-state index in [0.29, 0.717) is 0 Å². The number of hydrogen-bond acceptors (Lipinski definition) is 3. The summed E-state index contributed by atoms with van der Waals surface area (Å²) in [5.41, 5.74) is 0.420. The van der Waals surface area contributed by atoms with Crippen LogP contribution in [0, 0.1) is 5.82 Å². The van der Waals surface area contributed by atoms with Gasteiger partial charge in [-0.05, 0) is 36.4 Å². The zero-order valence-electron chi connectivity index (χ0n) is 12.5. The zero-order chi connectivity index (χ0) is 17.9. The number of amides is 1. The van der Waals surface area contributed by atoms with Crippen molar-refractivity contribution in [1.82, 2.24) is 0 Å². The number of rotatable bonds is 5. The molecule has 24 heavy (non-hydrogen) atoms. The van der Waals surface area contributed by atoms with Crippen LogP contribution >= 0.6 is 23.2 Å². The molecule has 0 bridgehead atoms. The maximum atomic E-state index is 13.1. The van der Waals surface area contributed by atoms with Crippen LogP contribution in [0.2, 0.25) is 10.0 Å². The van der Waals surface area contributed by atoms with E-state index in [1.807, 2.05) is 0 Å². The summed E-state index contributed by atoms with van der Waals surface area (Å²) in [7, 11) is -3.75. The minimum absolute atomic E-state index is 0.161. The minimum Gasteiger partial charge on any atom is -0.324 e. The summed E-state index contributed by atoms with van der Waals surface area (Å²) >= 11 is 11.7. The number of hydrogen-bond donors (Lipinski definition) is 1. The van der Waals surface area contributed by atoms with Gasteiger partial charge in [-0.15, -0.1) is 0 Å². The topological polar surface area (TPSA) is 66.5 Å². The van der Waals surface area contributed by atoms with Crippen molar-refractivity contribution in [2.45, 2.75) is 0 Å². The number of benzene rings is 2. The zero-order valence-corrected chi connectivity index (χ0v) is 14.8. The number of anilines is 2. The molecule has 0 aliphatic carbocycles. The van der Waals surface area contributed by atoms with Crippen molar-refractivity contribution in [3.63, 3.8) is 0 Å². The van der Waals surface area contributed by atoms with Gasteiger partial charge in [0.25, 0.3) is 0 Å². The Morgan fingerprint density at radius 2 is 1.88 bits per heavy atom. The number of halogens is 3. The van der Waals surface area contributed by atoms with Crippen LogP contribution in [-0.4, -0.2) is 27.1 Å². The van der Waals surface area contributed by atoms with Crippen LogP contribution in [0.25, 0.3) is 0 Å². The van der Waals surface area contributed by atoms with Crippen molar-refractivity contribution < 1.29 is 17.6 Å². The number of sulfonamides is 1. The fraction of sp³-hybridized carbons (Fsp3) is 0.133. The fourth-order valence-corrected chi connectivity index (χ4v) is 3.08. The molecular formula is C15H13Cl2FN2O3S.